The second-order valence-electron chi connectivity index (χ2n) is 8.39. The molecule has 4 aromatic rings. The number of benzene rings is 1. The van der Waals surface area contributed by atoms with Crippen LogP contribution in [0.2, 0.25) is 0 Å². The van der Waals surface area contributed by atoms with E-state index < -0.39 is 0 Å². The molecule has 0 bridgehead atoms. The zero-order chi connectivity index (χ0) is 20.1. The van der Waals surface area contributed by atoms with Crippen molar-refractivity contribution in [1.29, 1.82) is 0 Å². The predicted molar refractivity (Wildman–Crippen MR) is 116 cm³/mol. The maximum atomic E-state index is 4.83. The molecule has 5 nitrogen and oxygen atoms in total. The van der Waals surface area contributed by atoms with Gasteiger partial charge in [0, 0.05) is 11.0 Å². The first kappa shape index (κ1) is 18.7. The first-order valence-electron chi connectivity index (χ1n) is 10.2. The average molecular weight is 376 g/mol. The number of imidazole rings is 2. The Bertz CT molecular complexity index is 1090. The number of rotatable bonds is 5. The summed E-state index contributed by atoms with van der Waals surface area (Å²) in [5.41, 5.74) is 7.12. The summed E-state index contributed by atoms with van der Waals surface area (Å²) < 4.78 is 0. The molecule has 0 radical (unpaired) electrons. The lowest BCUT2D eigenvalue weighted by Gasteiger charge is -2.23. The van der Waals surface area contributed by atoms with E-state index in [2.05, 4.69) is 69.7 Å². The number of hydrogen-bond acceptors (Lipinski definition) is 3. The summed E-state index contributed by atoms with van der Waals surface area (Å²) in [6, 6.07) is 8.56. The lowest BCUT2D eigenvalue weighted by Crippen LogP contribution is -2.21. The van der Waals surface area contributed by atoms with E-state index in [4.69, 9.17) is 15.0 Å². The Balaban J connectivity index is 1.77. The monoisotopic (exact) mass is 375 g/mol. The van der Waals surface area contributed by atoms with E-state index in [1.54, 1.807) is 0 Å². The molecule has 3 aromatic heterocycles. The number of aryl methyl sites for hydroxylation is 1. The topological polar surface area (TPSA) is 70.2 Å². The van der Waals surface area contributed by atoms with E-state index in [0.717, 1.165) is 52.4 Å². The molecule has 5 heteroatoms. The van der Waals surface area contributed by atoms with E-state index in [0.29, 0.717) is 5.92 Å². The standard InChI is InChI=1S/C23H29N5/c1-7-23(6,8-2)22-25-18-12-17-20(27-21(18)28-22)26-19(24-17)15-9-10-16(13(3)4)14(5)11-15/h9-13H,7-8H2,1-6H3,(H2,24,25,26,27,28). The van der Waals surface area contributed by atoms with Gasteiger partial charge in [0.2, 0.25) is 0 Å². The third-order valence-corrected chi connectivity index (χ3v) is 6.22. The molecule has 146 valence electrons. The molecular weight excluding hydrogens is 346 g/mol. The van der Waals surface area contributed by atoms with E-state index in [1.807, 2.05) is 6.07 Å². The Hall–Kier alpha value is -2.69. The van der Waals surface area contributed by atoms with Gasteiger partial charge in [0.25, 0.3) is 0 Å². The predicted octanol–water partition coefficient (Wildman–Crippen LogP) is 6.01. The number of H-pyrrole nitrogens is 2. The first-order valence-corrected chi connectivity index (χ1v) is 10.2. The van der Waals surface area contributed by atoms with Crippen LogP contribution in [0.1, 0.15) is 70.3 Å². The molecule has 0 fully saturated rings. The lowest BCUT2D eigenvalue weighted by atomic mass is 9.84. The second-order valence-corrected chi connectivity index (χ2v) is 8.39. The Morgan fingerprint density at radius 3 is 2.25 bits per heavy atom. The molecule has 0 aliphatic rings. The fourth-order valence-corrected chi connectivity index (χ4v) is 3.85. The minimum atomic E-state index is 0.0443. The molecule has 0 saturated heterocycles. The number of hydrogen-bond donors (Lipinski definition) is 2. The summed E-state index contributed by atoms with van der Waals surface area (Å²) in [6.45, 7) is 13.3. The Morgan fingerprint density at radius 1 is 0.929 bits per heavy atom. The number of nitrogens with zero attached hydrogens (tertiary/aromatic N) is 3. The van der Waals surface area contributed by atoms with E-state index >= 15 is 0 Å². The highest BCUT2D eigenvalue weighted by Crippen LogP contribution is 2.31. The summed E-state index contributed by atoms with van der Waals surface area (Å²) in [5, 5.41) is 0. The highest BCUT2D eigenvalue weighted by molar-refractivity contribution is 5.87. The maximum absolute atomic E-state index is 4.83. The van der Waals surface area contributed by atoms with Crippen LogP contribution in [-0.4, -0.2) is 24.9 Å². The van der Waals surface area contributed by atoms with Gasteiger partial charge in [-0.3, -0.25) is 0 Å². The van der Waals surface area contributed by atoms with Crippen LogP contribution in [0.15, 0.2) is 24.3 Å². The molecule has 3 heterocycles. The largest absolute Gasteiger partial charge is 0.326 e. The van der Waals surface area contributed by atoms with Crippen molar-refractivity contribution in [1.82, 2.24) is 24.9 Å². The quantitative estimate of drug-likeness (QED) is 0.449. The number of pyridine rings is 1. The van der Waals surface area contributed by atoms with Crippen molar-refractivity contribution >= 4 is 22.3 Å². The van der Waals surface area contributed by atoms with Gasteiger partial charge in [-0.15, -0.1) is 0 Å². The molecule has 0 amide bonds. The number of fused-ring (bicyclic) bond motifs is 2. The van der Waals surface area contributed by atoms with Gasteiger partial charge < -0.3 is 9.97 Å². The molecule has 0 spiro atoms. The minimum absolute atomic E-state index is 0.0443. The number of aromatic nitrogens is 5. The molecule has 0 atom stereocenters. The fraction of sp³-hybridized carbons (Fsp3) is 0.435. The Morgan fingerprint density at radius 2 is 1.61 bits per heavy atom. The summed E-state index contributed by atoms with van der Waals surface area (Å²) in [4.78, 5) is 21.2. The van der Waals surface area contributed by atoms with Gasteiger partial charge in [-0.05, 0) is 48.9 Å². The van der Waals surface area contributed by atoms with Crippen molar-refractivity contribution in [2.45, 2.75) is 65.7 Å². The van der Waals surface area contributed by atoms with Crippen molar-refractivity contribution in [2.24, 2.45) is 0 Å². The number of nitrogens with one attached hydrogen (secondary N) is 2. The van der Waals surface area contributed by atoms with Crippen molar-refractivity contribution in [3.8, 4) is 11.4 Å². The van der Waals surface area contributed by atoms with Crippen LogP contribution in [0.4, 0.5) is 0 Å². The van der Waals surface area contributed by atoms with E-state index in [1.165, 1.54) is 11.1 Å². The smallest absolute Gasteiger partial charge is 0.160 e. The third kappa shape index (κ3) is 2.99. The fourth-order valence-electron chi connectivity index (χ4n) is 3.85. The first-order chi connectivity index (χ1) is 13.3. The van der Waals surface area contributed by atoms with Crippen molar-refractivity contribution in [3.63, 3.8) is 0 Å². The van der Waals surface area contributed by atoms with E-state index in [9.17, 15) is 0 Å². The van der Waals surface area contributed by atoms with Crippen molar-refractivity contribution in [3.05, 3.63) is 41.2 Å². The van der Waals surface area contributed by atoms with Crippen LogP contribution in [-0.2, 0) is 5.41 Å². The van der Waals surface area contributed by atoms with Crippen molar-refractivity contribution in [2.75, 3.05) is 0 Å². The van der Waals surface area contributed by atoms with Crippen LogP contribution in [0.3, 0.4) is 0 Å². The van der Waals surface area contributed by atoms with Gasteiger partial charge in [-0.2, -0.15) is 0 Å². The summed E-state index contributed by atoms with van der Waals surface area (Å²) >= 11 is 0. The Kier molecular flexibility index (Phi) is 4.48. The van der Waals surface area contributed by atoms with Crippen LogP contribution in [0, 0.1) is 6.92 Å². The molecule has 28 heavy (non-hydrogen) atoms. The minimum Gasteiger partial charge on any atom is -0.326 e. The molecule has 2 N–H and O–H groups in total. The van der Waals surface area contributed by atoms with Gasteiger partial charge in [0.1, 0.15) is 22.7 Å². The zero-order valence-corrected chi connectivity index (χ0v) is 17.6. The van der Waals surface area contributed by atoms with Gasteiger partial charge in [0.05, 0.1) is 0 Å². The van der Waals surface area contributed by atoms with Crippen LogP contribution >= 0.6 is 0 Å². The molecule has 0 saturated carbocycles. The van der Waals surface area contributed by atoms with Crippen LogP contribution in [0.5, 0.6) is 0 Å². The average Bonchev–Trinajstić information content (AvgIpc) is 3.28. The third-order valence-electron chi connectivity index (χ3n) is 6.22. The molecule has 4 rings (SSSR count). The highest BCUT2D eigenvalue weighted by Gasteiger charge is 2.26. The normalized spacial score (nSPS) is 12.5. The Labute approximate surface area is 166 Å². The second kappa shape index (κ2) is 6.73. The summed E-state index contributed by atoms with van der Waals surface area (Å²) in [5.74, 6) is 2.37. The zero-order valence-electron chi connectivity index (χ0n) is 17.6. The molecular formula is C23H29N5. The van der Waals surface area contributed by atoms with Crippen LogP contribution in [0.25, 0.3) is 33.7 Å². The SMILES string of the molecule is CCC(C)(CC)c1nc2cc3nc(-c4ccc(C(C)C)c(C)c4)[nH]c3nc2[nH]1. The lowest BCUT2D eigenvalue weighted by molar-refractivity contribution is 0.416. The highest BCUT2D eigenvalue weighted by atomic mass is 15.1. The van der Waals surface area contributed by atoms with Gasteiger partial charge in [-0.25, -0.2) is 15.0 Å². The van der Waals surface area contributed by atoms with Crippen molar-refractivity contribution < 1.29 is 0 Å². The van der Waals surface area contributed by atoms with E-state index in [-0.39, 0.29) is 5.41 Å². The molecule has 0 aliphatic heterocycles. The maximum Gasteiger partial charge on any atom is 0.160 e. The number of aromatic amines is 2. The van der Waals surface area contributed by atoms with Gasteiger partial charge in [-0.1, -0.05) is 46.8 Å². The summed E-state index contributed by atoms with van der Waals surface area (Å²) in [6.07, 6.45) is 2.07. The molecule has 0 aliphatic carbocycles. The van der Waals surface area contributed by atoms with Gasteiger partial charge in [0.15, 0.2) is 11.3 Å². The molecule has 1 aromatic carbocycles. The molecule has 0 unspecified atom stereocenters. The van der Waals surface area contributed by atoms with Crippen LogP contribution < -0.4 is 0 Å². The van der Waals surface area contributed by atoms with Gasteiger partial charge >= 0.3 is 0 Å². The summed E-state index contributed by atoms with van der Waals surface area (Å²) in [7, 11) is 0.